The Hall–Kier alpha value is -4.40. The highest BCUT2D eigenvalue weighted by atomic mass is 79.9. The van der Waals surface area contributed by atoms with Crippen LogP contribution in [0.25, 0.3) is 66.4 Å². The van der Waals surface area contributed by atoms with Crippen LogP contribution in [0, 0.1) is 0 Å². The summed E-state index contributed by atoms with van der Waals surface area (Å²) < 4.78 is 8.05. The maximum atomic E-state index is 7.01. The molecule has 0 bridgehead atoms. The fourth-order valence-corrected chi connectivity index (χ4v) is 5.69. The normalized spacial score (nSPS) is 11.3. The van der Waals surface area contributed by atoms with Gasteiger partial charge in [-0.15, -0.1) is 0 Å². The molecule has 0 fully saturated rings. The molecule has 1 aromatic heterocycles. The van der Waals surface area contributed by atoms with Crippen molar-refractivity contribution < 1.29 is 4.42 Å². The molecule has 0 atom stereocenters. The summed E-state index contributed by atoms with van der Waals surface area (Å²) in [6, 6.07) is 49.1. The van der Waals surface area contributed by atoms with E-state index in [4.69, 9.17) is 4.42 Å². The van der Waals surface area contributed by atoms with E-state index in [1.807, 2.05) is 0 Å². The predicted molar refractivity (Wildman–Crippen MR) is 163 cm³/mol. The van der Waals surface area contributed by atoms with Crippen LogP contribution < -0.4 is 0 Å². The summed E-state index contributed by atoms with van der Waals surface area (Å²) in [5, 5.41) is 4.85. The van der Waals surface area contributed by atoms with Gasteiger partial charge in [0.1, 0.15) is 11.5 Å². The fourth-order valence-electron chi connectivity index (χ4n) is 5.43. The monoisotopic (exact) mass is 550 g/mol. The zero-order chi connectivity index (χ0) is 25.5. The topological polar surface area (TPSA) is 13.1 Å². The van der Waals surface area contributed by atoms with Crippen molar-refractivity contribution >= 4 is 37.5 Å². The first-order valence-corrected chi connectivity index (χ1v) is 13.5. The smallest absolute Gasteiger partial charge is 0.143 e. The molecular formula is C36H23BrO. The molecular weight excluding hydrogens is 528 g/mol. The van der Waals surface area contributed by atoms with E-state index in [-0.39, 0.29) is 0 Å². The van der Waals surface area contributed by atoms with Gasteiger partial charge in [0.2, 0.25) is 0 Å². The first-order valence-electron chi connectivity index (χ1n) is 12.7. The van der Waals surface area contributed by atoms with Gasteiger partial charge in [-0.2, -0.15) is 0 Å². The standard InChI is InChI=1S/C36H23BrO/c37-28-21-19-26(20-22-28)35-33(24-11-3-1-4-12-24)34(25-13-5-2-6-14-25)36(38-35)32-23-27-15-7-8-16-29(27)30-17-9-10-18-31(30)32/h1-23H. The summed E-state index contributed by atoms with van der Waals surface area (Å²) in [6.45, 7) is 0. The number of rotatable bonds is 4. The van der Waals surface area contributed by atoms with E-state index in [1.165, 1.54) is 21.5 Å². The maximum Gasteiger partial charge on any atom is 0.143 e. The lowest BCUT2D eigenvalue weighted by Gasteiger charge is -2.12. The van der Waals surface area contributed by atoms with E-state index in [9.17, 15) is 0 Å². The van der Waals surface area contributed by atoms with Crippen molar-refractivity contribution in [3.8, 4) is 44.9 Å². The highest BCUT2D eigenvalue weighted by Gasteiger charge is 2.26. The van der Waals surface area contributed by atoms with Crippen LogP contribution in [0.2, 0.25) is 0 Å². The number of fused-ring (bicyclic) bond motifs is 3. The SMILES string of the molecule is Brc1ccc(-c2oc(-c3cc4ccccc4c4ccccc34)c(-c3ccccc3)c2-c2ccccc2)cc1. The second kappa shape index (κ2) is 9.48. The molecule has 0 saturated carbocycles. The Morgan fingerprint density at radius 1 is 0.421 bits per heavy atom. The van der Waals surface area contributed by atoms with Crippen molar-refractivity contribution in [3.05, 3.63) is 144 Å². The van der Waals surface area contributed by atoms with Gasteiger partial charge in [0.05, 0.1) is 0 Å². The van der Waals surface area contributed by atoms with Gasteiger partial charge in [-0.1, -0.05) is 137 Å². The molecule has 7 aromatic rings. The van der Waals surface area contributed by atoms with Crippen LogP contribution in [0.3, 0.4) is 0 Å². The highest BCUT2D eigenvalue weighted by Crippen LogP contribution is 2.50. The average Bonchev–Trinajstić information content (AvgIpc) is 3.38. The molecule has 0 amide bonds. The second-order valence-corrected chi connectivity index (χ2v) is 10.4. The molecule has 0 aliphatic rings. The van der Waals surface area contributed by atoms with E-state index in [0.717, 1.165) is 49.4 Å². The van der Waals surface area contributed by atoms with Gasteiger partial charge < -0.3 is 4.42 Å². The minimum absolute atomic E-state index is 0.870. The molecule has 0 unspecified atom stereocenters. The Morgan fingerprint density at radius 2 is 0.947 bits per heavy atom. The Morgan fingerprint density at radius 3 is 1.61 bits per heavy atom. The van der Waals surface area contributed by atoms with E-state index in [0.29, 0.717) is 0 Å². The molecule has 0 spiro atoms. The largest absolute Gasteiger partial charge is 0.455 e. The summed E-state index contributed by atoms with van der Waals surface area (Å²) in [4.78, 5) is 0. The highest BCUT2D eigenvalue weighted by molar-refractivity contribution is 9.10. The van der Waals surface area contributed by atoms with E-state index < -0.39 is 0 Å². The lowest BCUT2D eigenvalue weighted by Crippen LogP contribution is -1.87. The van der Waals surface area contributed by atoms with Crippen molar-refractivity contribution in [3.63, 3.8) is 0 Å². The van der Waals surface area contributed by atoms with Crippen molar-refractivity contribution in [1.82, 2.24) is 0 Å². The third-order valence-corrected chi connectivity index (χ3v) is 7.68. The summed E-state index contributed by atoms with van der Waals surface area (Å²) in [6.07, 6.45) is 0. The van der Waals surface area contributed by atoms with Crippen molar-refractivity contribution in [2.75, 3.05) is 0 Å². The predicted octanol–water partition coefficient (Wildman–Crippen LogP) is 11.0. The molecule has 1 nitrogen and oxygen atoms in total. The van der Waals surface area contributed by atoms with E-state index in [1.54, 1.807) is 0 Å². The average molecular weight is 551 g/mol. The van der Waals surface area contributed by atoms with Gasteiger partial charge in [-0.25, -0.2) is 0 Å². The molecule has 180 valence electrons. The van der Waals surface area contributed by atoms with Gasteiger partial charge in [-0.05, 0) is 50.9 Å². The number of hydrogen-bond acceptors (Lipinski definition) is 1. The van der Waals surface area contributed by atoms with Gasteiger partial charge in [0.15, 0.2) is 0 Å². The summed E-state index contributed by atoms with van der Waals surface area (Å²) in [5.41, 5.74) is 6.61. The summed E-state index contributed by atoms with van der Waals surface area (Å²) in [7, 11) is 0. The van der Waals surface area contributed by atoms with Crippen LogP contribution in [0.5, 0.6) is 0 Å². The quantitative estimate of drug-likeness (QED) is 0.198. The maximum absolute atomic E-state index is 7.01. The van der Waals surface area contributed by atoms with Crippen LogP contribution in [0.15, 0.2) is 148 Å². The van der Waals surface area contributed by atoms with Crippen LogP contribution >= 0.6 is 15.9 Å². The Balaban J connectivity index is 1.65. The molecule has 2 heteroatoms. The first kappa shape index (κ1) is 22.8. The molecule has 38 heavy (non-hydrogen) atoms. The fraction of sp³-hybridized carbons (Fsp3) is 0. The molecule has 6 aromatic carbocycles. The number of furan rings is 1. The Labute approximate surface area is 230 Å². The molecule has 7 rings (SSSR count). The van der Waals surface area contributed by atoms with E-state index >= 15 is 0 Å². The lowest BCUT2D eigenvalue weighted by molar-refractivity contribution is 0.599. The third kappa shape index (κ3) is 3.86. The Bertz CT molecular complexity index is 1900. The molecule has 0 radical (unpaired) electrons. The van der Waals surface area contributed by atoms with Crippen molar-refractivity contribution in [1.29, 1.82) is 0 Å². The van der Waals surface area contributed by atoms with Crippen LogP contribution in [0.1, 0.15) is 0 Å². The van der Waals surface area contributed by atoms with Crippen LogP contribution in [0.4, 0.5) is 0 Å². The van der Waals surface area contributed by atoms with Crippen LogP contribution in [-0.2, 0) is 0 Å². The van der Waals surface area contributed by atoms with Gasteiger partial charge in [0, 0.05) is 26.7 Å². The van der Waals surface area contributed by atoms with Gasteiger partial charge in [0.25, 0.3) is 0 Å². The molecule has 0 saturated heterocycles. The minimum Gasteiger partial charge on any atom is -0.455 e. The van der Waals surface area contributed by atoms with Crippen LogP contribution in [-0.4, -0.2) is 0 Å². The second-order valence-electron chi connectivity index (χ2n) is 9.44. The summed E-state index contributed by atoms with van der Waals surface area (Å²) in [5.74, 6) is 1.75. The van der Waals surface area contributed by atoms with Crippen molar-refractivity contribution in [2.24, 2.45) is 0 Å². The molecule has 0 aliphatic heterocycles. The number of hydrogen-bond donors (Lipinski definition) is 0. The number of halogens is 1. The minimum atomic E-state index is 0.870. The van der Waals surface area contributed by atoms with Gasteiger partial charge >= 0.3 is 0 Å². The van der Waals surface area contributed by atoms with E-state index in [2.05, 4.69) is 155 Å². The summed E-state index contributed by atoms with van der Waals surface area (Å²) >= 11 is 3.59. The first-order chi connectivity index (χ1) is 18.8. The third-order valence-electron chi connectivity index (χ3n) is 7.15. The van der Waals surface area contributed by atoms with Gasteiger partial charge in [-0.3, -0.25) is 0 Å². The molecule has 1 heterocycles. The number of benzene rings is 6. The Kier molecular flexibility index (Phi) is 5.68. The molecule has 0 N–H and O–H groups in total. The molecule has 0 aliphatic carbocycles. The van der Waals surface area contributed by atoms with Crippen molar-refractivity contribution in [2.45, 2.75) is 0 Å². The lowest BCUT2D eigenvalue weighted by atomic mass is 9.89. The zero-order valence-corrected chi connectivity index (χ0v) is 22.2. The zero-order valence-electron chi connectivity index (χ0n) is 20.6.